The number of carboxylic acid groups (broad SMARTS) is 1. The quantitative estimate of drug-likeness (QED) is 0.541. The number of nitrogens with two attached hydrogens (primary N) is 1. The number of carbonyl (C=O) groups is 3. The van der Waals surface area contributed by atoms with Crippen LogP contribution in [0.25, 0.3) is 0 Å². The van der Waals surface area contributed by atoms with Crippen molar-refractivity contribution in [1.29, 1.82) is 0 Å². The normalized spacial score (nSPS) is 21.7. The van der Waals surface area contributed by atoms with Gasteiger partial charge in [-0.15, -0.1) is 0 Å². The first-order chi connectivity index (χ1) is 8.93. The molecule has 2 atom stereocenters. The number of nitrogens with zero attached hydrogens (tertiary/aromatic N) is 1. The second kappa shape index (κ2) is 6.78. The number of likely N-dealkylation sites (N-methyl/N-ethyl adjacent to an activating group) is 1. The van der Waals surface area contributed by atoms with Crippen LogP contribution in [0.2, 0.25) is 0 Å². The molecule has 0 bridgehead atoms. The van der Waals surface area contributed by atoms with E-state index in [1.165, 1.54) is 11.9 Å². The van der Waals surface area contributed by atoms with Gasteiger partial charge in [-0.25, -0.2) is 9.59 Å². The third kappa shape index (κ3) is 4.28. The van der Waals surface area contributed by atoms with Crippen LogP contribution >= 0.6 is 0 Å². The van der Waals surface area contributed by atoms with Gasteiger partial charge in [-0.2, -0.15) is 0 Å². The molecule has 0 aromatic rings. The molecular weight excluding hydrogens is 258 g/mol. The molecule has 0 saturated carbocycles. The van der Waals surface area contributed by atoms with Gasteiger partial charge < -0.3 is 30.5 Å². The van der Waals surface area contributed by atoms with Gasteiger partial charge in [-0.3, -0.25) is 4.79 Å². The number of primary amides is 1. The Hall–Kier alpha value is -2.03. The first-order valence-electron chi connectivity index (χ1n) is 5.67. The molecule has 1 fully saturated rings. The van der Waals surface area contributed by atoms with Gasteiger partial charge in [-0.05, 0) is 0 Å². The van der Waals surface area contributed by atoms with E-state index in [-0.39, 0.29) is 26.4 Å². The number of rotatable bonds is 5. The molecular formula is C10H17N3O6. The molecule has 1 saturated heterocycles. The van der Waals surface area contributed by atoms with Gasteiger partial charge in [0.25, 0.3) is 0 Å². The number of ether oxygens (including phenoxy) is 2. The molecule has 0 spiro atoms. The van der Waals surface area contributed by atoms with Crippen molar-refractivity contribution < 1.29 is 29.0 Å². The standard InChI is InChI=1S/C10H17N3O6/c1-13(7-5-18-4-6(7)8(14)15)10(17)12-2-3-19-9(11)16/h6-7H,2-5H2,1H3,(H2,11,16)(H,12,17)(H,14,15). The van der Waals surface area contributed by atoms with Crippen LogP contribution in [0.5, 0.6) is 0 Å². The third-order valence-corrected chi connectivity index (χ3v) is 2.81. The van der Waals surface area contributed by atoms with Crippen molar-refractivity contribution in [1.82, 2.24) is 10.2 Å². The Morgan fingerprint density at radius 1 is 1.47 bits per heavy atom. The third-order valence-electron chi connectivity index (χ3n) is 2.81. The van der Waals surface area contributed by atoms with Crippen molar-refractivity contribution >= 4 is 18.1 Å². The van der Waals surface area contributed by atoms with E-state index in [9.17, 15) is 14.4 Å². The highest BCUT2D eigenvalue weighted by Gasteiger charge is 2.38. The van der Waals surface area contributed by atoms with E-state index in [0.29, 0.717) is 0 Å². The molecule has 1 rings (SSSR count). The highest BCUT2D eigenvalue weighted by Crippen LogP contribution is 2.18. The minimum atomic E-state index is -1.00. The summed E-state index contributed by atoms with van der Waals surface area (Å²) in [5.74, 6) is -1.74. The zero-order valence-corrected chi connectivity index (χ0v) is 10.5. The highest BCUT2D eigenvalue weighted by atomic mass is 16.5. The molecule has 2 unspecified atom stereocenters. The van der Waals surface area contributed by atoms with Crippen LogP contribution < -0.4 is 11.1 Å². The lowest BCUT2D eigenvalue weighted by atomic mass is 10.0. The van der Waals surface area contributed by atoms with Crippen LogP contribution in [0.4, 0.5) is 9.59 Å². The highest BCUT2D eigenvalue weighted by molar-refractivity contribution is 5.77. The minimum Gasteiger partial charge on any atom is -0.481 e. The molecule has 9 nitrogen and oxygen atoms in total. The van der Waals surface area contributed by atoms with Gasteiger partial charge >= 0.3 is 18.1 Å². The molecule has 3 amide bonds. The summed E-state index contributed by atoms with van der Waals surface area (Å²) in [4.78, 5) is 34.3. The van der Waals surface area contributed by atoms with Crippen LogP contribution in [-0.4, -0.2) is 67.6 Å². The minimum absolute atomic E-state index is 0.0432. The Kier molecular flexibility index (Phi) is 5.37. The van der Waals surface area contributed by atoms with Crippen LogP contribution in [0, 0.1) is 5.92 Å². The zero-order valence-electron chi connectivity index (χ0n) is 10.5. The fraction of sp³-hybridized carbons (Fsp3) is 0.700. The van der Waals surface area contributed by atoms with E-state index >= 15 is 0 Å². The molecule has 9 heteroatoms. The molecule has 1 aliphatic rings. The molecule has 1 heterocycles. The molecule has 0 aromatic carbocycles. The van der Waals surface area contributed by atoms with Crippen LogP contribution in [-0.2, 0) is 14.3 Å². The Labute approximate surface area is 109 Å². The predicted octanol–water partition coefficient (Wildman–Crippen LogP) is -1.18. The second-order valence-corrected chi connectivity index (χ2v) is 4.06. The van der Waals surface area contributed by atoms with Crippen molar-refractivity contribution in [2.24, 2.45) is 11.7 Å². The molecule has 108 valence electrons. The van der Waals surface area contributed by atoms with E-state index in [1.54, 1.807) is 0 Å². The van der Waals surface area contributed by atoms with Crippen molar-refractivity contribution in [2.45, 2.75) is 6.04 Å². The lowest BCUT2D eigenvalue weighted by Crippen LogP contribution is -2.49. The van der Waals surface area contributed by atoms with Crippen molar-refractivity contribution in [3.8, 4) is 0 Å². The van der Waals surface area contributed by atoms with Gasteiger partial charge in [0.1, 0.15) is 12.5 Å². The topological polar surface area (TPSA) is 131 Å². The number of hydrogen-bond donors (Lipinski definition) is 3. The molecule has 0 aromatic heterocycles. The van der Waals surface area contributed by atoms with Crippen molar-refractivity contribution in [3.63, 3.8) is 0 Å². The Balaban J connectivity index is 2.39. The summed E-state index contributed by atoms with van der Waals surface area (Å²) < 4.78 is 9.51. The second-order valence-electron chi connectivity index (χ2n) is 4.06. The van der Waals surface area contributed by atoms with Crippen LogP contribution in [0.1, 0.15) is 0 Å². The van der Waals surface area contributed by atoms with Gasteiger partial charge in [-0.1, -0.05) is 0 Å². The Bertz CT molecular complexity index is 361. The average Bonchev–Trinajstić information content (AvgIpc) is 2.82. The lowest BCUT2D eigenvalue weighted by Gasteiger charge is -2.26. The predicted molar refractivity (Wildman–Crippen MR) is 62.4 cm³/mol. The summed E-state index contributed by atoms with van der Waals surface area (Å²) in [6.45, 7) is 0.316. The largest absolute Gasteiger partial charge is 0.481 e. The maximum Gasteiger partial charge on any atom is 0.404 e. The summed E-state index contributed by atoms with van der Waals surface area (Å²) >= 11 is 0. The summed E-state index contributed by atoms with van der Waals surface area (Å²) in [7, 11) is 1.49. The van der Waals surface area contributed by atoms with E-state index in [4.69, 9.17) is 15.6 Å². The van der Waals surface area contributed by atoms with E-state index in [2.05, 4.69) is 10.1 Å². The molecule has 0 radical (unpaired) electrons. The molecule has 4 N–H and O–H groups in total. The van der Waals surface area contributed by atoms with Crippen LogP contribution in [0.15, 0.2) is 0 Å². The fourth-order valence-electron chi connectivity index (χ4n) is 1.75. The smallest absolute Gasteiger partial charge is 0.404 e. The van der Waals surface area contributed by atoms with E-state index in [0.717, 1.165) is 0 Å². The monoisotopic (exact) mass is 275 g/mol. The number of nitrogens with one attached hydrogen (secondary N) is 1. The lowest BCUT2D eigenvalue weighted by molar-refractivity contribution is -0.142. The summed E-state index contributed by atoms with van der Waals surface area (Å²) in [6.07, 6.45) is -0.919. The van der Waals surface area contributed by atoms with Gasteiger partial charge in [0, 0.05) is 7.05 Å². The molecule has 1 aliphatic heterocycles. The number of hydrogen-bond acceptors (Lipinski definition) is 5. The first kappa shape index (κ1) is 15.0. The Morgan fingerprint density at radius 3 is 2.74 bits per heavy atom. The maximum absolute atomic E-state index is 11.7. The number of amides is 3. The van der Waals surface area contributed by atoms with Crippen molar-refractivity contribution in [2.75, 3.05) is 33.4 Å². The Morgan fingerprint density at radius 2 is 2.16 bits per heavy atom. The summed E-state index contributed by atoms with van der Waals surface area (Å²) in [6, 6.07) is -0.982. The van der Waals surface area contributed by atoms with Gasteiger partial charge in [0.15, 0.2) is 0 Å². The van der Waals surface area contributed by atoms with E-state index in [1.807, 2.05) is 0 Å². The number of carbonyl (C=O) groups excluding carboxylic acids is 2. The number of aliphatic carboxylic acids is 1. The number of carboxylic acids is 1. The maximum atomic E-state index is 11.7. The summed E-state index contributed by atoms with van der Waals surface area (Å²) in [5.41, 5.74) is 4.75. The first-order valence-corrected chi connectivity index (χ1v) is 5.67. The van der Waals surface area contributed by atoms with Gasteiger partial charge in [0.05, 0.1) is 25.8 Å². The van der Waals surface area contributed by atoms with Crippen LogP contribution in [0.3, 0.4) is 0 Å². The number of urea groups is 1. The van der Waals surface area contributed by atoms with Gasteiger partial charge in [0.2, 0.25) is 0 Å². The zero-order chi connectivity index (χ0) is 14.4. The van der Waals surface area contributed by atoms with Crippen molar-refractivity contribution in [3.05, 3.63) is 0 Å². The SMILES string of the molecule is CN(C(=O)NCCOC(N)=O)C1COCC1C(=O)O. The fourth-order valence-corrected chi connectivity index (χ4v) is 1.75. The molecule has 19 heavy (non-hydrogen) atoms. The summed E-state index contributed by atoms with van der Waals surface area (Å²) in [5, 5.41) is 11.5. The average molecular weight is 275 g/mol. The molecule has 0 aliphatic carbocycles. The van der Waals surface area contributed by atoms with E-state index < -0.39 is 30.1 Å².